The topological polar surface area (TPSA) is 26.0 Å². The first-order valence-corrected chi connectivity index (χ1v) is 5.88. The van der Waals surface area contributed by atoms with Crippen LogP contribution in [0, 0.1) is 6.92 Å². The van der Waals surface area contributed by atoms with E-state index in [1.165, 1.54) is 6.07 Å². The summed E-state index contributed by atoms with van der Waals surface area (Å²) < 4.78 is 37.6. The fourth-order valence-corrected chi connectivity index (χ4v) is 1.95. The largest absolute Gasteiger partial charge is 0.416 e. The Bertz CT molecular complexity index is 588. The molecule has 0 fully saturated rings. The predicted octanol–water partition coefficient (Wildman–Crippen LogP) is 4.19. The maximum absolute atomic E-state index is 12.5. The second-order valence-corrected chi connectivity index (χ2v) is 4.51. The molecule has 2 aromatic rings. The number of rotatable bonds is 2. The molecule has 2 N–H and O–H groups in total. The van der Waals surface area contributed by atoms with Gasteiger partial charge in [-0.3, -0.25) is 0 Å². The van der Waals surface area contributed by atoms with Gasteiger partial charge in [-0.2, -0.15) is 13.2 Å². The van der Waals surface area contributed by atoms with Crippen molar-refractivity contribution in [3.8, 4) is 0 Å². The average Bonchev–Trinajstić information content (AvgIpc) is 2.33. The molecule has 0 amide bonds. The Labute approximate surface area is 109 Å². The van der Waals surface area contributed by atoms with Crippen LogP contribution in [0.1, 0.15) is 22.3 Å². The Morgan fingerprint density at radius 2 is 1.68 bits per heavy atom. The third-order valence-electron chi connectivity index (χ3n) is 3.12. The number of hydrogen-bond donors (Lipinski definition) is 1. The molecule has 0 heterocycles. The van der Waals surface area contributed by atoms with E-state index >= 15 is 0 Å². The highest BCUT2D eigenvalue weighted by Gasteiger charge is 2.30. The normalized spacial score (nSPS) is 11.6. The molecule has 0 saturated heterocycles. The van der Waals surface area contributed by atoms with Gasteiger partial charge in [-0.15, -0.1) is 0 Å². The minimum absolute atomic E-state index is 0.179. The molecular weight excluding hydrogens is 251 g/mol. The number of hydrogen-bond acceptors (Lipinski definition) is 1. The highest BCUT2D eigenvalue weighted by molar-refractivity contribution is 5.52. The second kappa shape index (κ2) is 4.96. The van der Waals surface area contributed by atoms with E-state index in [1.807, 2.05) is 31.2 Å². The highest BCUT2D eigenvalue weighted by Crippen LogP contribution is 2.32. The summed E-state index contributed by atoms with van der Waals surface area (Å²) >= 11 is 0. The van der Waals surface area contributed by atoms with Gasteiger partial charge < -0.3 is 5.73 Å². The van der Waals surface area contributed by atoms with Gasteiger partial charge in [-0.1, -0.05) is 30.3 Å². The monoisotopic (exact) mass is 265 g/mol. The fourth-order valence-electron chi connectivity index (χ4n) is 1.95. The number of aryl methyl sites for hydroxylation is 1. The summed E-state index contributed by atoms with van der Waals surface area (Å²) in [7, 11) is 0. The summed E-state index contributed by atoms with van der Waals surface area (Å²) in [4.78, 5) is 0. The van der Waals surface area contributed by atoms with Crippen LogP contribution in [0.4, 0.5) is 18.9 Å². The van der Waals surface area contributed by atoms with Crippen LogP contribution in [0.25, 0.3) is 0 Å². The first-order valence-electron chi connectivity index (χ1n) is 5.88. The lowest BCUT2D eigenvalue weighted by Gasteiger charge is -2.12. The van der Waals surface area contributed by atoms with E-state index in [9.17, 15) is 13.2 Å². The molecule has 0 radical (unpaired) electrons. The van der Waals surface area contributed by atoms with Crippen molar-refractivity contribution in [1.29, 1.82) is 0 Å². The molecule has 0 bridgehead atoms. The van der Waals surface area contributed by atoms with Crippen molar-refractivity contribution < 1.29 is 13.2 Å². The third kappa shape index (κ3) is 3.08. The zero-order valence-corrected chi connectivity index (χ0v) is 10.5. The Kier molecular flexibility index (Phi) is 3.51. The minimum atomic E-state index is -4.35. The van der Waals surface area contributed by atoms with Crippen LogP contribution in [-0.2, 0) is 12.6 Å². The quantitative estimate of drug-likeness (QED) is 0.810. The zero-order valence-electron chi connectivity index (χ0n) is 10.5. The van der Waals surface area contributed by atoms with Gasteiger partial charge in [0.15, 0.2) is 0 Å². The van der Waals surface area contributed by atoms with Gasteiger partial charge in [-0.05, 0) is 42.2 Å². The van der Waals surface area contributed by atoms with Gasteiger partial charge in [0, 0.05) is 5.69 Å². The number of benzene rings is 2. The molecule has 0 spiro atoms. The van der Waals surface area contributed by atoms with Crippen LogP contribution in [0.2, 0.25) is 0 Å². The summed E-state index contributed by atoms with van der Waals surface area (Å²) in [6, 6.07) is 11.3. The SMILES string of the molecule is Cc1ccccc1Cc1ccc(C(F)(F)F)cc1N. The molecular formula is C15H14F3N. The fraction of sp³-hybridized carbons (Fsp3) is 0.200. The summed E-state index contributed by atoms with van der Waals surface area (Å²) in [6.07, 6.45) is -3.81. The van der Waals surface area contributed by atoms with Crippen molar-refractivity contribution in [3.05, 3.63) is 64.7 Å². The van der Waals surface area contributed by atoms with Gasteiger partial charge in [0.25, 0.3) is 0 Å². The maximum Gasteiger partial charge on any atom is 0.416 e. The van der Waals surface area contributed by atoms with Crippen molar-refractivity contribution in [2.24, 2.45) is 0 Å². The number of halogens is 3. The minimum Gasteiger partial charge on any atom is -0.398 e. The molecule has 2 aromatic carbocycles. The van der Waals surface area contributed by atoms with Crippen molar-refractivity contribution in [2.75, 3.05) is 5.73 Å². The first kappa shape index (κ1) is 13.5. The zero-order chi connectivity index (χ0) is 14.0. The van der Waals surface area contributed by atoms with Gasteiger partial charge in [0.05, 0.1) is 5.56 Å². The molecule has 0 atom stereocenters. The molecule has 2 rings (SSSR count). The molecule has 0 unspecified atom stereocenters. The molecule has 100 valence electrons. The molecule has 1 nitrogen and oxygen atoms in total. The van der Waals surface area contributed by atoms with Crippen LogP contribution in [0.3, 0.4) is 0 Å². The number of alkyl halides is 3. The van der Waals surface area contributed by atoms with Gasteiger partial charge in [0.2, 0.25) is 0 Å². The highest BCUT2D eigenvalue weighted by atomic mass is 19.4. The molecule has 4 heteroatoms. The van der Waals surface area contributed by atoms with Crippen molar-refractivity contribution in [2.45, 2.75) is 19.5 Å². The maximum atomic E-state index is 12.5. The van der Waals surface area contributed by atoms with Crippen LogP contribution >= 0.6 is 0 Å². The van der Waals surface area contributed by atoms with Gasteiger partial charge >= 0.3 is 6.18 Å². The molecule has 0 saturated carbocycles. The lowest BCUT2D eigenvalue weighted by atomic mass is 9.98. The third-order valence-corrected chi connectivity index (χ3v) is 3.12. The summed E-state index contributed by atoms with van der Waals surface area (Å²) in [5.41, 5.74) is 8.06. The van der Waals surface area contributed by atoms with E-state index in [2.05, 4.69) is 0 Å². The second-order valence-electron chi connectivity index (χ2n) is 4.51. The van der Waals surface area contributed by atoms with Crippen molar-refractivity contribution in [3.63, 3.8) is 0 Å². The number of nitrogens with two attached hydrogens (primary N) is 1. The number of anilines is 1. The summed E-state index contributed by atoms with van der Waals surface area (Å²) in [6.45, 7) is 1.97. The lowest BCUT2D eigenvalue weighted by molar-refractivity contribution is -0.137. The van der Waals surface area contributed by atoms with E-state index < -0.39 is 11.7 Å². The molecule has 0 aliphatic carbocycles. The Hall–Kier alpha value is -1.97. The molecule has 0 aromatic heterocycles. The molecule has 0 aliphatic rings. The van der Waals surface area contributed by atoms with E-state index in [-0.39, 0.29) is 5.69 Å². The molecule has 19 heavy (non-hydrogen) atoms. The molecule has 0 aliphatic heterocycles. The summed E-state index contributed by atoms with van der Waals surface area (Å²) in [5.74, 6) is 0. The van der Waals surface area contributed by atoms with Crippen LogP contribution in [-0.4, -0.2) is 0 Å². The van der Waals surface area contributed by atoms with Gasteiger partial charge in [0.1, 0.15) is 0 Å². The van der Waals surface area contributed by atoms with E-state index in [1.54, 1.807) is 0 Å². The number of nitrogen functional groups attached to an aromatic ring is 1. The van der Waals surface area contributed by atoms with E-state index in [0.29, 0.717) is 12.0 Å². The van der Waals surface area contributed by atoms with Crippen molar-refractivity contribution >= 4 is 5.69 Å². The Morgan fingerprint density at radius 3 is 2.26 bits per heavy atom. The summed E-state index contributed by atoms with van der Waals surface area (Å²) in [5, 5.41) is 0. The smallest absolute Gasteiger partial charge is 0.398 e. The average molecular weight is 265 g/mol. The van der Waals surface area contributed by atoms with E-state index in [4.69, 9.17) is 5.73 Å². The Balaban J connectivity index is 2.30. The Morgan fingerprint density at radius 1 is 1.00 bits per heavy atom. The van der Waals surface area contributed by atoms with Gasteiger partial charge in [-0.25, -0.2) is 0 Å². The van der Waals surface area contributed by atoms with E-state index in [0.717, 1.165) is 23.3 Å². The first-order chi connectivity index (χ1) is 8.88. The van der Waals surface area contributed by atoms with Crippen LogP contribution in [0.5, 0.6) is 0 Å². The van der Waals surface area contributed by atoms with Crippen LogP contribution in [0.15, 0.2) is 42.5 Å². The van der Waals surface area contributed by atoms with Crippen LogP contribution < -0.4 is 5.73 Å². The predicted molar refractivity (Wildman–Crippen MR) is 69.8 cm³/mol. The standard InChI is InChI=1S/C15H14F3N/c1-10-4-2-3-5-11(10)8-12-6-7-13(9-14(12)19)15(16,17)18/h2-7,9H,8,19H2,1H3. The lowest BCUT2D eigenvalue weighted by Crippen LogP contribution is -2.07. The van der Waals surface area contributed by atoms with Crippen molar-refractivity contribution in [1.82, 2.24) is 0 Å².